The van der Waals surface area contributed by atoms with E-state index in [-0.39, 0.29) is 29.8 Å². The van der Waals surface area contributed by atoms with Gasteiger partial charge in [0, 0.05) is 18.3 Å². The molecule has 7 nitrogen and oxygen atoms in total. The third-order valence-corrected chi connectivity index (χ3v) is 6.82. The first-order chi connectivity index (χ1) is 12.3. The fourth-order valence-electron chi connectivity index (χ4n) is 2.15. The fourth-order valence-corrected chi connectivity index (χ4v) is 4.97. The smallest absolute Gasteiger partial charge is 0.321 e. The first-order valence-electron chi connectivity index (χ1n) is 7.77. The monoisotopic (exact) mass is 396 g/mol. The third-order valence-electron chi connectivity index (χ3n) is 3.48. The van der Waals surface area contributed by atoms with Crippen LogP contribution in [0, 0.1) is 0 Å². The van der Waals surface area contributed by atoms with Crippen molar-refractivity contribution >= 4 is 33.2 Å². The van der Waals surface area contributed by atoms with E-state index in [1.165, 1.54) is 20.1 Å². The van der Waals surface area contributed by atoms with Crippen LogP contribution in [0.5, 0.6) is 0 Å². The van der Waals surface area contributed by atoms with Crippen LogP contribution in [0.25, 0.3) is 0 Å². The van der Waals surface area contributed by atoms with Crippen molar-refractivity contribution < 1.29 is 22.7 Å². The molecule has 140 valence electrons. The Hall–Kier alpha value is -2.23. The Labute approximate surface area is 156 Å². The summed E-state index contributed by atoms with van der Waals surface area (Å²) in [5.41, 5.74) is 0.759. The zero-order valence-electron chi connectivity index (χ0n) is 14.5. The molecule has 1 amide bonds. The normalized spacial score (nSPS) is 11.3. The number of hydrogen-bond donors (Lipinski definition) is 1. The minimum Gasteiger partial charge on any atom is -0.468 e. The molecule has 2 aromatic rings. The second-order valence-electron chi connectivity index (χ2n) is 5.47. The van der Waals surface area contributed by atoms with Gasteiger partial charge in [-0.25, -0.2) is 8.42 Å². The van der Waals surface area contributed by atoms with E-state index in [2.05, 4.69) is 10.1 Å². The molecular formula is C17H20N2O5S2. The van der Waals surface area contributed by atoms with Crippen molar-refractivity contribution in [1.82, 2.24) is 9.62 Å². The lowest BCUT2D eigenvalue weighted by Crippen LogP contribution is -2.35. The SMILES string of the molecule is COC(=O)CN(Cc1ccccc1)S(=O)(=O)c1ccc(CNC(C)=O)s1. The van der Waals surface area contributed by atoms with Crippen LogP contribution < -0.4 is 5.32 Å². The molecule has 0 spiro atoms. The van der Waals surface area contributed by atoms with Gasteiger partial charge in [0.15, 0.2) is 0 Å². The lowest BCUT2D eigenvalue weighted by Gasteiger charge is -2.20. The van der Waals surface area contributed by atoms with Gasteiger partial charge in [0.05, 0.1) is 13.7 Å². The number of nitrogens with zero attached hydrogens (tertiary/aromatic N) is 1. The number of benzene rings is 1. The van der Waals surface area contributed by atoms with E-state index in [1.807, 2.05) is 6.07 Å². The van der Waals surface area contributed by atoms with E-state index in [0.29, 0.717) is 4.88 Å². The van der Waals surface area contributed by atoms with Crippen LogP contribution >= 0.6 is 11.3 Å². The zero-order chi connectivity index (χ0) is 19.2. The zero-order valence-corrected chi connectivity index (χ0v) is 16.1. The molecule has 9 heteroatoms. The fraction of sp³-hybridized carbons (Fsp3) is 0.294. The summed E-state index contributed by atoms with van der Waals surface area (Å²) >= 11 is 1.06. The molecule has 1 N–H and O–H groups in total. The van der Waals surface area contributed by atoms with Gasteiger partial charge < -0.3 is 10.1 Å². The Morgan fingerprint density at radius 1 is 1.15 bits per heavy atom. The number of carbonyl (C=O) groups is 2. The standard InChI is InChI=1S/C17H20N2O5S2/c1-13(20)18-10-15-8-9-17(25-15)26(22,23)19(12-16(21)24-2)11-14-6-4-3-5-7-14/h3-9H,10-12H2,1-2H3,(H,18,20). The van der Waals surface area contributed by atoms with Crippen molar-refractivity contribution in [2.24, 2.45) is 0 Å². The maximum Gasteiger partial charge on any atom is 0.321 e. The molecule has 26 heavy (non-hydrogen) atoms. The molecule has 0 radical (unpaired) electrons. The summed E-state index contributed by atoms with van der Waals surface area (Å²) in [6, 6.07) is 12.1. The molecule has 0 aliphatic heterocycles. The number of methoxy groups -OCH3 is 1. The second-order valence-corrected chi connectivity index (χ2v) is 8.80. The van der Waals surface area contributed by atoms with Gasteiger partial charge in [-0.05, 0) is 17.7 Å². The van der Waals surface area contributed by atoms with Crippen LogP contribution in [-0.4, -0.2) is 38.3 Å². The largest absolute Gasteiger partial charge is 0.468 e. The lowest BCUT2D eigenvalue weighted by molar-refractivity contribution is -0.140. The number of esters is 1. The Kier molecular flexibility index (Phi) is 6.90. The van der Waals surface area contributed by atoms with E-state index in [0.717, 1.165) is 21.2 Å². The van der Waals surface area contributed by atoms with Crippen molar-refractivity contribution in [3.05, 3.63) is 52.9 Å². The predicted molar refractivity (Wildman–Crippen MR) is 97.9 cm³/mol. The van der Waals surface area contributed by atoms with Crippen molar-refractivity contribution in [3.63, 3.8) is 0 Å². The summed E-state index contributed by atoms with van der Waals surface area (Å²) in [6.45, 7) is 1.32. The first-order valence-corrected chi connectivity index (χ1v) is 10.0. The summed E-state index contributed by atoms with van der Waals surface area (Å²) in [5, 5.41) is 2.63. The van der Waals surface area contributed by atoms with E-state index >= 15 is 0 Å². The number of hydrogen-bond acceptors (Lipinski definition) is 6. The van der Waals surface area contributed by atoms with Gasteiger partial charge in [0.2, 0.25) is 5.91 Å². The Morgan fingerprint density at radius 3 is 2.46 bits per heavy atom. The highest BCUT2D eigenvalue weighted by Gasteiger charge is 2.28. The highest BCUT2D eigenvalue weighted by atomic mass is 32.2. The molecule has 2 rings (SSSR count). The number of rotatable bonds is 8. The molecular weight excluding hydrogens is 376 g/mol. The Bertz CT molecular complexity index is 862. The van der Waals surface area contributed by atoms with Gasteiger partial charge in [0.1, 0.15) is 10.8 Å². The number of carbonyl (C=O) groups excluding carboxylic acids is 2. The molecule has 0 unspecified atom stereocenters. The highest BCUT2D eigenvalue weighted by Crippen LogP contribution is 2.26. The van der Waals surface area contributed by atoms with Crippen molar-refractivity contribution in [2.45, 2.75) is 24.2 Å². The van der Waals surface area contributed by atoms with Crippen LogP contribution in [-0.2, 0) is 37.4 Å². The van der Waals surface area contributed by atoms with Gasteiger partial charge >= 0.3 is 5.97 Å². The topological polar surface area (TPSA) is 92.8 Å². The number of amides is 1. The van der Waals surface area contributed by atoms with Crippen LogP contribution in [0.3, 0.4) is 0 Å². The van der Waals surface area contributed by atoms with Crippen LogP contribution in [0.1, 0.15) is 17.4 Å². The Morgan fingerprint density at radius 2 is 1.85 bits per heavy atom. The average Bonchev–Trinajstić information content (AvgIpc) is 3.10. The lowest BCUT2D eigenvalue weighted by atomic mass is 10.2. The van der Waals surface area contributed by atoms with E-state index < -0.39 is 16.0 Å². The van der Waals surface area contributed by atoms with Crippen LogP contribution in [0.15, 0.2) is 46.7 Å². The number of sulfonamides is 1. The molecule has 0 bridgehead atoms. The highest BCUT2D eigenvalue weighted by molar-refractivity contribution is 7.91. The van der Waals surface area contributed by atoms with Gasteiger partial charge in [0.25, 0.3) is 10.0 Å². The summed E-state index contributed by atoms with van der Waals surface area (Å²) < 4.78 is 31.8. The minimum absolute atomic E-state index is 0.0528. The molecule has 0 fully saturated rings. The number of thiophene rings is 1. The second kappa shape index (κ2) is 8.93. The predicted octanol–water partition coefficient (Wildman–Crippen LogP) is 1.75. The molecule has 1 heterocycles. The molecule has 0 saturated heterocycles. The quantitative estimate of drug-likeness (QED) is 0.686. The van der Waals surface area contributed by atoms with Gasteiger partial charge in [-0.1, -0.05) is 30.3 Å². The molecule has 0 aliphatic carbocycles. The van der Waals surface area contributed by atoms with E-state index in [9.17, 15) is 18.0 Å². The minimum atomic E-state index is -3.88. The van der Waals surface area contributed by atoms with Crippen LogP contribution in [0.2, 0.25) is 0 Å². The van der Waals surface area contributed by atoms with Crippen LogP contribution in [0.4, 0.5) is 0 Å². The molecule has 1 aromatic carbocycles. The van der Waals surface area contributed by atoms with E-state index in [1.54, 1.807) is 30.3 Å². The van der Waals surface area contributed by atoms with Gasteiger partial charge in [-0.2, -0.15) is 4.31 Å². The maximum atomic E-state index is 13.0. The first kappa shape index (κ1) is 20.1. The summed E-state index contributed by atoms with van der Waals surface area (Å²) in [7, 11) is -2.67. The maximum absolute atomic E-state index is 13.0. The average molecular weight is 396 g/mol. The summed E-state index contributed by atoms with van der Waals surface area (Å²) in [5.74, 6) is -0.835. The van der Waals surface area contributed by atoms with Crippen molar-refractivity contribution in [3.8, 4) is 0 Å². The van der Waals surface area contributed by atoms with Crippen molar-refractivity contribution in [2.75, 3.05) is 13.7 Å². The third kappa shape index (κ3) is 5.38. The molecule has 1 aromatic heterocycles. The molecule has 0 saturated carbocycles. The summed E-state index contributed by atoms with van der Waals surface area (Å²) in [4.78, 5) is 23.4. The number of ether oxygens (including phenoxy) is 1. The molecule has 0 atom stereocenters. The molecule has 0 aliphatic rings. The summed E-state index contributed by atoms with van der Waals surface area (Å²) in [6.07, 6.45) is 0. The number of nitrogens with one attached hydrogen (secondary N) is 1. The van der Waals surface area contributed by atoms with Gasteiger partial charge in [-0.3, -0.25) is 9.59 Å². The van der Waals surface area contributed by atoms with E-state index in [4.69, 9.17) is 0 Å². The van der Waals surface area contributed by atoms with Crippen molar-refractivity contribution in [1.29, 1.82) is 0 Å². The Balaban J connectivity index is 2.26. The van der Waals surface area contributed by atoms with Gasteiger partial charge in [-0.15, -0.1) is 11.3 Å².